The van der Waals surface area contributed by atoms with Crippen LogP contribution in [0.1, 0.15) is 25.7 Å². The average molecular weight is 323 g/mol. The fourth-order valence-electron chi connectivity index (χ4n) is 2.53. The number of hydrogen-bond acceptors (Lipinski definition) is 4. The van der Waals surface area contributed by atoms with E-state index in [4.69, 9.17) is 23.2 Å². The molecule has 1 aromatic carbocycles. The molecule has 0 saturated heterocycles. The number of nitrogens with one attached hydrogen (secondary N) is 2. The van der Waals surface area contributed by atoms with Gasteiger partial charge in [-0.25, -0.2) is 9.97 Å². The number of para-hydroxylation sites is 1. The van der Waals surface area contributed by atoms with E-state index in [9.17, 15) is 0 Å². The van der Waals surface area contributed by atoms with Crippen molar-refractivity contribution in [1.29, 1.82) is 0 Å². The van der Waals surface area contributed by atoms with E-state index in [1.54, 1.807) is 12.1 Å². The monoisotopic (exact) mass is 322 g/mol. The lowest BCUT2D eigenvalue weighted by Gasteiger charge is -2.14. The Labute approximate surface area is 133 Å². The van der Waals surface area contributed by atoms with Crippen molar-refractivity contribution in [1.82, 2.24) is 9.97 Å². The first-order valence-corrected chi connectivity index (χ1v) is 7.77. The first-order chi connectivity index (χ1) is 10.2. The van der Waals surface area contributed by atoms with Crippen LogP contribution in [0.5, 0.6) is 0 Å². The van der Waals surface area contributed by atoms with Crippen LogP contribution in [0.4, 0.5) is 17.3 Å². The highest BCUT2D eigenvalue weighted by Gasteiger charge is 2.15. The molecule has 1 fully saturated rings. The van der Waals surface area contributed by atoms with Crippen molar-refractivity contribution in [2.24, 2.45) is 0 Å². The van der Waals surface area contributed by atoms with Crippen molar-refractivity contribution in [3.05, 3.63) is 40.6 Å². The summed E-state index contributed by atoms with van der Waals surface area (Å²) in [6.45, 7) is 0. The minimum atomic E-state index is 0.511. The highest BCUT2D eigenvalue weighted by atomic mass is 35.5. The van der Waals surface area contributed by atoms with E-state index in [0.29, 0.717) is 27.6 Å². The van der Waals surface area contributed by atoms with Crippen molar-refractivity contribution < 1.29 is 0 Å². The zero-order chi connectivity index (χ0) is 14.7. The van der Waals surface area contributed by atoms with Gasteiger partial charge in [0.05, 0.1) is 15.7 Å². The number of benzene rings is 1. The maximum atomic E-state index is 6.15. The average Bonchev–Trinajstić information content (AvgIpc) is 2.96. The maximum Gasteiger partial charge on any atom is 0.135 e. The van der Waals surface area contributed by atoms with Gasteiger partial charge >= 0.3 is 0 Å². The Kier molecular flexibility index (Phi) is 4.46. The molecule has 0 bridgehead atoms. The number of hydrogen-bond donors (Lipinski definition) is 2. The summed E-state index contributed by atoms with van der Waals surface area (Å²) in [4.78, 5) is 8.47. The summed E-state index contributed by atoms with van der Waals surface area (Å²) in [5, 5.41) is 7.71. The number of aromatic nitrogens is 2. The number of rotatable bonds is 4. The SMILES string of the molecule is Clc1cccc(Cl)c1Nc1cc(NC2CCCC2)ncn1. The Hall–Kier alpha value is -1.52. The predicted octanol–water partition coefficient (Wildman–Crippen LogP) is 4.88. The van der Waals surface area contributed by atoms with Crippen molar-refractivity contribution in [3.8, 4) is 0 Å². The van der Waals surface area contributed by atoms with Gasteiger partial charge in [-0.05, 0) is 25.0 Å². The van der Waals surface area contributed by atoms with Gasteiger partial charge in [0.1, 0.15) is 18.0 Å². The first kappa shape index (κ1) is 14.4. The fraction of sp³-hybridized carbons (Fsp3) is 0.333. The van der Waals surface area contributed by atoms with Crippen LogP contribution in [-0.2, 0) is 0 Å². The molecule has 0 aliphatic heterocycles. The van der Waals surface area contributed by atoms with E-state index in [0.717, 1.165) is 5.82 Å². The van der Waals surface area contributed by atoms with E-state index in [-0.39, 0.29) is 0 Å². The molecule has 1 saturated carbocycles. The molecule has 4 nitrogen and oxygen atoms in total. The first-order valence-electron chi connectivity index (χ1n) is 7.02. The smallest absolute Gasteiger partial charge is 0.135 e. The van der Waals surface area contributed by atoms with Crippen molar-refractivity contribution in [3.63, 3.8) is 0 Å². The molecule has 21 heavy (non-hydrogen) atoms. The van der Waals surface area contributed by atoms with Gasteiger partial charge in [0.25, 0.3) is 0 Å². The summed E-state index contributed by atoms with van der Waals surface area (Å²) in [7, 11) is 0. The highest BCUT2D eigenvalue weighted by molar-refractivity contribution is 6.39. The normalized spacial score (nSPS) is 15.1. The van der Waals surface area contributed by atoms with Crippen LogP contribution in [0.2, 0.25) is 10.0 Å². The van der Waals surface area contributed by atoms with E-state index >= 15 is 0 Å². The lowest BCUT2D eigenvalue weighted by Crippen LogP contribution is -2.15. The fourth-order valence-corrected chi connectivity index (χ4v) is 3.02. The molecular weight excluding hydrogens is 307 g/mol. The Morgan fingerprint density at radius 2 is 1.67 bits per heavy atom. The third kappa shape index (κ3) is 3.57. The van der Waals surface area contributed by atoms with Crippen molar-refractivity contribution >= 4 is 40.5 Å². The van der Waals surface area contributed by atoms with Gasteiger partial charge < -0.3 is 10.6 Å². The second kappa shape index (κ2) is 6.50. The molecule has 2 aromatic rings. The quantitative estimate of drug-likeness (QED) is 0.842. The highest BCUT2D eigenvalue weighted by Crippen LogP contribution is 2.32. The topological polar surface area (TPSA) is 49.8 Å². The number of anilines is 3. The lowest BCUT2D eigenvalue weighted by atomic mass is 10.2. The molecule has 0 atom stereocenters. The van der Waals surface area contributed by atoms with E-state index < -0.39 is 0 Å². The summed E-state index contributed by atoms with van der Waals surface area (Å²) in [6, 6.07) is 7.76. The standard InChI is InChI=1S/C15H16Cl2N4/c16-11-6-3-7-12(17)15(11)21-14-8-13(18-9-19-14)20-10-4-1-2-5-10/h3,6-10H,1-2,4-5H2,(H2,18,19,20,21). The Morgan fingerprint density at radius 1 is 1.00 bits per heavy atom. The number of nitrogens with zero attached hydrogens (tertiary/aromatic N) is 2. The summed E-state index contributed by atoms with van der Waals surface area (Å²) in [6.07, 6.45) is 6.49. The van der Waals surface area contributed by atoms with Crippen LogP contribution >= 0.6 is 23.2 Å². The lowest BCUT2D eigenvalue weighted by molar-refractivity contribution is 0.750. The van der Waals surface area contributed by atoms with Crippen LogP contribution in [-0.4, -0.2) is 16.0 Å². The predicted molar refractivity (Wildman–Crippen MR) is 87.7 cm³/mol. The van der Waals surface area contributed by atoms with Crippen molar-refractivity contribution in [2.45, 2.75) is 31.7 Å². The van der Waals surface area contributed by atoms with Gasteiger partial charge in [0.15, 0.2) is 0 Å². The molecule has 0 spiro atoms. The Balaban J connectivity index is 1.76. The molecule has 1 heterocycles. The van der Waals surface area contributed by atoms with Crippen LogP contribution in [0.3, 0.4) is 0 Å². The third-order valence-corrected chi connectivity index (χ3v) is 4.22. The summed E-state index contributed by atoms with van der Waals surface area (Å²) in [5.41, 5.74) is 0.659. The maximum absolute atomic E-state index is 6.15. The Bertz CT molecular complexity index is 607. The zero-order valence-electron chi connectivity index (χ0n) is 11.4. The second-order valence-electron chi connectivity index (χ2n) is 5.14. The molecule has 1 aliphatic carbocycles. The molecule has 6 heteroatoms. The molecule has 110 valence electrons. The third-order valence-electron chi connectivity index (χ3n) is 3.59. The van der Waals surface area contributed by atoms with E-state index in [2.05, 4.69) is 20.6 Å². The molecule has 0 radical (unpaired) electrons. The van der Waals surface area contributed by atoms with Gasteiger partial charge in [-0.15, -0.1) is 0 Å². The van der Waals surface area contributed by atoms with E-state index in [1.807, 2.05) is 12.1 Å². The summed E-state index contributed by atoms with van der Waals surface area (Å²) in [5.74, 6) is 1.49. The zero-order valence-corrected chi connectivity index (χ0v) is 13.0. The molecule has 1 aliphatic rings. The van der Waals surface area contributed by atoms with Crippen LogP contribution in [0, 0.1) is 0 Å². The van der Waals surface area contributed by atoms with Gasteiger partial charge in [0.2, 0.25) is 0 Å². The molecule has 2 N–H and O–H groups in total. The minimum Gasteiger partial charge on any atom is -0.367 e. The van der Waals surface area contributed by atoms with Gasteiger partial charge in [-0.1, -0.05) is 42.1 Å². The molecular formula is C15H16Cl2N4. The van der Waals surface area contributed by atoms with Gasteiger partial charge in [-0.2, -0.15) is 0 Å². The minimum absolute atomic E-state index is 0.511. The van der Waals surface area contributed by atoms with Crippen LogP contribution in [0.25, 0.3) is 0 Å². The molecule has 0 amide bonds. The van der Waals surface area contributed by atoms with Crippen LogP contribution in [0.15, 0.2) is 30.6 Å². The molecule has 1 aromatic heterocycles. The van der Waals surface area contributed by atoms with Crippen molar-refractivity contribution in [2.75, 3.05) is 10.6 Å². The van der Waals surface area contributed by atoms with Gasteiger partial charge in [0, 0.05) is 12.1 Å². The Morgan fingerprint density at radius 3 is 2.38 bits per heavy atom. The summed E-state index contributed by atoms with van der Waals surface area (Å²) >= 11 is 12.3. The molecule has 0 unspecified atom stereocenters. The number of halogens is 2. The summed E-state index contributed by atoms with van der Waals surface area (Å²) < 4.78 is 0. The van der Waals surface area contributed by atoms with E-state index in [1.165, 1.54) is 32.0 Å². The molecule has 3 rings (SSSR count). The van der Waals surface area contributed by atoms with Gasteiger partial charge in [-0.3, -0.25) is 0 Å². The second-order valence-corrected chi connectivity index (χ2v) is 5.95. The largest absolute Gasteiger partial charge is 0.367 e. The van der Waals surface area contributed by atoms with Crippen LogP contribution < -0.4 is 10.6 Å².